The van der Waals surface area contributed by atoms with Gasteiger partial charge < -0.3 is 14.2 Å². The normalized spacial score (nSPS) is 15.7. The molecule has 1 aliphatic heterocycles. The van der Waals surface area contributed by atoms with Crippen molar-refractivity contribution >= 4 is 5.69 Å². The first kappa shape index (κ1) is 18.0. The molecule has 0 spiro atoms. The fourth-order valence-corrected chi connectivity index (χ4v) is 2.95. The average molecular weight is 356 g/mol. The zero-order chi connectivity index (χ0) is 18.4. The van der Waals surface area contributed by atoms with Crippen molar-refractivity contribution < 1.29 is 19.1 Å². The Hall–Kier alpha value is -2.76. The molecular formula is C20H22NO5. The number of unbranched alkanes of at least 4 members (excludes halogenated alkanes) is 1. The van der Waals surface area contributed by atoms with Crippen molar-refractivity contribution in [1.29, 1.82) is 0 Å². The number of hydrogen-bond donors (Lipinski definition) is 0. The maximum Gasteiger partial charge on any atom is 0.273 e. The molecule has 1 heterocycles. The lowest BCUT2D eigenvalue weighted by molar-refractivity contribution is -0.384. The molecule has 3 rings (SSSR count). The van der Waals surface area contributed by atoms with E-state index < -0.39 is 4.92 Å². The van der Waals surface area contributed by atoms with Gasteiger partial charge in [-0.05, 0) is 49.8 Å². The molecule has 2 aromatic carbocycles. The Bertz CT molecular complexity index is 762. The Morgan fingerprint density at radius 3 is 2.96 bits per heavy atom. The van der Waals surface area contributed by atoms with Crippen molar-refractivity contribution in [3.05, 3.63) is 64.6 Å². The number of ether oxygens (including phenoxy) is 3. The number of methoxy groups -OCH3 is 1. The number of aryl methyl sites for hydroxylation is 1. The molecule has 6 heteroatoms. The number of fused-ring (bicyclic) bond motifs is 1. The summed E-state index contributed by atoms with van der Waals surface area (Å²) in [6.07, 6.45) is 5.89. The van der Waals surface area contributed by atoms with E-state index in [9.17, 15) is 10.1 Å². The lowest BCUT2D eigenvalue weighted by atomic mass is 9.99. The van der Waals surface area contributed by atoms with E-state index in [0.717, 1.165) is 37.2 Å². The topological polar surface area (TPSA) is 70.8 Å². The summed E-state index contributed by atoms with van der Waals surface area (Å²) >= 11 is 0. The summed E-state index contributed by atoms with van der Waals surface area (Å²) in [4.78, 5) is 10.3. The fourth-order valence-electron chi connectivity index (χ4n) is 2.95. The first-order valence-electron chi connectivity index (χ1n) is 8.68. The summed E-state index contributed by atoms with van der Waals surface area (Å²) in [5.74, 6) is 2.23. The molecule has 6 nitrogen and oxygen atoms in total. The van der Waals surface area contributed by atoms with Crippen LogP contribution in [0.3, 0.4) is 0 Å². The highest BCUT2D eigenvalue weighted by atomic mass is 16.6. The highest BCUT2D eigenvalue weighted by Crippen LogP contribution is 2.32. The minimum absolute atomic E-state index is 0.0381. The van der Waals surface area contributed by atoms with E-state index in [1.165, 1.54) is 17.7 Å². The van der Waals surface area contributed by atoms with E-state index in [1.54, 1.807) is 19.2 Å². The Balaban J connectivity index is 1.40. The van der Waals surface area contributed by atoms with Crippen molar-refractivity contribution in [1.82, 2.24) is 0 Å². The first-order chi connectivity index (χ1) is 12.7. The Kier molecular flexibility index (Phi) is 5.94. The van der Waals surface area contributed by atoms with Crippen LogP contribution in [0.4, 0.5) is 5.69 Å². The second-order valence-electron chi connectivity index (χ2n) is 6.17. The van der Waals surface area contributed by atoms with Gasteiger partial charge in [-0.2, -0.15) is 0 Å². The first-order valence-corrected chi connectivity index (χ1v) is 8.68. The molecule has 2 aromatic rings. The smallest absolute Gasteiger partial charge is 0.273 e. The predicted octanol–water partition coefficient (Wildman–Crippen LogP) is 4.36. The molecule has 0 saturated heterocycles. The molecule has 1 atom stereocenters. The third kappa shape index (κ3) is 4.65. The number of nitro benzene ring substituents is 1. The monoisotopic (exact) mass is 356 g/mol. The second kappa shape index (κ2) is 8.56. The molecule has 0 N–H and O–H groups in total. The molecule has 1 aliphatic rings. The number of benzene rings is 2. The molecule has 0 aromatic heterocycles. The summed E-state index contributed by atoms with van der Waals surface area (Å²) in [5, 5.41) is 10.8. The largest absolute Gasteiger partial charge is 0.497 e. The van der Waals surface area contributed by atoms with Gasteiger partial charge in [0.1, 0.15) is 17.2 Å². The van der Waals surface area contributed by atoms with E-state index in [2.05, 4.69) is 12.5 Å². The summed E-state index contributed by atoms with van der Waals surface area (Å²) in [5.41, 5.74) is 1.26. The fraction of sp³-hybridized carbons (Fsp3) is 0.350. The Morgan fingerprint density at radius 2 is 2.15 bits per heavy atom. The molecule has 0 bridgehead atoms. The van der Waals surface area contributed by atoms with Crippen molar-refractivity contribution in [3.8, 4) is 17.2 Å². The third-order valence-corrected chi connectivity index (χ3v) is 4.35. The molecule has 1 radical (unpaired) electrons. The molecule has 0 aliphatic carbocycles. The minimum Gasteiger partial charge on any atom is -0.497 e. The van der Waals surface area contributed by atoms with E-state index in [1.807, 2.05) is 12.1 Å². The minimum atomic E-state index is -0.424. The maximum absolute atomic E-state index is 10.8. The number of rotatable bonds is 8. The lowest BCUT2D eigenvalue weighted by Crippen LogP contribution is -2.22. The van der Waals surface area contributed by atoms with E-state index in [-0.39, 0.29) is 11.8 Å². The molecule has 0 amide bonds. The van der Waals surface area contributed by atoms with Gasteiger partial charge >= 0.3 is 0 Å². The SMILES string of the molecule is COc1ccc2c(c1)OC(C[CH]CCOc1cccc([N+](=O)[O-])c1)CC2. The second-order valence-corrected chi connectivity index (χ2v) is 6.17. The predicted molar refractivity (Wildman–Crippen MR) is 97.9 cm³/mol. The summed E-state index contributed by atoms with van der Waals surface area (Å²) in [6, 6.07) is 12.2. The van der Waals surface area contributed by atoms with Crippen LogP contribution >= 0.6 is 0 Å². The molecule has 0 fully saturated rings. The van der Waals surface area contributed by atoms with E-state index >= 15 is 0 Å². The highest BCUT2D eigenvalue weighted by Gasteiger charge is 2.20. The van der Waals surface area contributed by atoms with E-state index in [0.29, 0.717) is 12.4 Å². The van der Waals surface area contributed by atoms with E-state index in [4.69, 9.17) is 14.2 Å². The quantitative estimate of drug-likeness (QED) is 0.399. The van der Waals surface area contributed by atoms with Gasteiger partial charge in [-0.15, -0.1) is 0 Å². The van der Waals surface area contributed by atoms with Crippen molar-refractivity contribution in [2.45, 2.75) is 31.8 Å². The van der Waals surface area contributed by atoms with Crippen LogP contribution in [0, 0.1) is 16.5 Å². The summed E-state index contributed by atoms with van der Waals surface area (Å²) in [7, 11) is 1.65. The van der Waals surface area contributed by atoms with Crippen molar-refractivity contribution in [2.75, 3.05) is 13.7 Å². The van der Waals surface area contributed by atoms with Gasteiger partial charge in [0, 0.05) is 12.1 Å². The summed E-state index contributed by atoms with van der Waals surface area (Å²) < 4.78 is 16.9. The molecule has 1 unspecified atom stereocenters. The maximum atomic E-state index is 10.8. The van der Waals surface area contributed by atoms with Crippen LogP contribution in [-0.2, 0) is 6.42 Å². The van der Waals surface area contributed by atoms with Crippen LogP contribution in [0.1, 0.15) is 24.8 Å². The van der Waals surface area contributed by atoms with Gasteiger partial charge in [-0.25, -0.2) is 0 Å². The van der Waals surface area contributed by atoms with Crippen molar-refractivity contribution in [2.24, 2.45) is 0 Å². The highest BCUT2D eigenvalue weighted by molar-refractivity contribution is 5.42. The Labute approximate surface area is 152 Å². The third-order valence-electron chi connectivity index (χ3n) is 4.35. The van der Waals surface area contributed by atoms with Gasteiger partial charge in [0.25, 0.3) is 5.69 Å². The standard InChI is InChI=1S/C20H22NO5/c1-24-18-11-9-15-8-10-17(26-20(15)14-18)6-2-3-12-25-19-7-4-5-16(13-19)21(22)23/h2,4-5,7,9,11,13-14,17H,3,6,8,10,12H2,1H3. The number of non-ortho nitro benzene ring substituents is 1. The average Bonchev–Trinajstić information content (AvgIpc) is 2.67. The van der Waals surface area contributed by atoms with Crippen LogP contribution in [0.15, 0.2) is 42.5 Å². The number of hydrogen-bond acceptors (Lipinski definition) is 5. The summed E-state index contributed by atoms with van der Waals surface area (Å²) in [6.45, 7) is 0.484. The van der Waals surface area contributed by atoms with Crippen LogP contribution in [0.2, 0.25) is 0 Å². The van der Waals surface area contributed by atoms with Crippen LogP contribution in [-0.4, -0.2) is 24.7 Å². The Morgan fingerprint density at radius 1 is 1.27 bits per heavy atom. The van der Waals surface area contributed by atoms with Gasteiger partial charge in [-0.1, -0.05) is 12.1 Å². The number of nitro groups is 1. The lowest BCUT2D eigenvalue weighted by Gasteiger charge is -2.26. The van der Waals surface area contributed by atoms with Gasteiger partial charge in [0.2, 0.25) is 0 Å². The van der Waals surface area contributed by atoms with Crippen LogP contribution in [0.5, 0.6) is 17.2 Å². The molecule has 0 saturated carbocycles. The van der Waals surface area contributed by atoms with Gasteiger partial charge in [-0.3, -0.25) is 10.1 Å². The van der Waals surface area contributed by atoms with Gasteiger partial charge in [0.15, 0.2) is 0 Å². The van der Waals surface area contributed by atoms with Crippen LogP contribution < -0.4 is 14.2 Å². The number of nitrogens with zero attached hydrogens (tertiary/aromatic N) is 1. The zero-order valence-electron chi connectivity index (χ0n) is 14.7. The zero-order valence-corrected chi connectivity index (χ0v) is 14.7. The van der Waals surface area contributed by atoms with Crippen molar-refractivity contribution in [3.63, 3.8) is 0 Å². The molecule has 26 heavy (non-hydrogen) atoms. The molecular weight excluding hydrogens is 334 g/mol. The van der Waals surface area contributed by atoms with Gasteiger partial charge in [0.05, 0.1) is 30.8 Å². The molecule has 137 valence electrons. The van der Waals surface area contributed by atoms with Crippen LogP contribution in [0.25, 0.3) is 0 Å².